The second kappa shape index (κ2) is 8.88. The number of carbonyl (C=O) groups excluding carboxylic acids is 2. The monoisotopic (exact) mass is 371 g/mol. The third kappa shape index (κ3) is 5.21. The fourth-order valence-electron chi connectivity index (χ4n) is 3.63. The smallest absolute Gasteiger partial charge is 0.222 e. The number of carbonyl (C=O) groups is 2. The van der Waals surface area contributed by atoms with Gasteiger partial charge in [0.1, 0.15) is 0 Å². The molecule has 2 aliphatic heterocycles. The van der Waals surface area contributed by atoms with Gasteiger partial charge in [0.25, 0.3) is 0 Å². The van der Waals surface area contributed by atoms with Crippen LogP contribution in [0.5, 0.6) is 0 Å². The van der Waals surface area contributed by atoms with Gasteiger partial charge in [-0.05, 0) is 24.0 Å². The molecule has 2 heterocycles. The average Bonchev–Trinajstić information content (AvgIpc) is 3.06. The van der Waals surface area contributed by atoms with Crippen LogP contribution < -0.4 is 10.6 Å². The van der Waals surface area contributed by atoms with Crippen molar-refractivity contribution in [3.63, 3.8) is 0 Å². The number of hydrogen-bond donors (Lipinski definition) is 2. The van der Waals surface area contributed by atoms with E-state index in [0.29, 0.717) is 32.5 Å². The highest BCUT2D eigenvalue weighted by molar-refractivity contribution is 5.81. The maximum Gasteiger partial charge on any atom is 0.222 e. The second-order valence-electron chi connectivity index (χ2n) is 7.32. The molecule has 0 spiro atoms. The quantitative estimate of drug-likeness (QED) is 0.600. The Balaban J connectivity index is 1.51. The lowest BCUT2D eigenvalue weighted by Crippen LogP contribution is -2.51. The highest BCUT2D eigenvalue weighted by atomic mass is 16.2. The van der Waals surface area contributed by atoms with Gasteiger partial charge in [0.15, 0.2) is 5.96 Å². The summed E-state index contributed by atoms with van der Waals surface area (Å²) in [6.45, 7) is 2.89. The van der Waals surface area contributed by atoms with E-state index in [4.69, 9.17) is 0 Å². The SMILES string of the molecule is CN=C(NCc1cccc(CN2CCCC2=O)c1)NC1CCC(=O)N(C)C1. The molecule has 7 nitrogen and oxygen atoms in total. The van der Waals surface area contributed by atoms with Gasteiger partial charge in [0.05, 0.1) is 0 Å². The third-order valence-corrected chi connectivity index (χ3v) is 5.19. The van der Waals surface area contributed by atoms with E-state index >= 15 is 0 Å². The molecule has 1 unspecified atom stereocenters. The summed E-state index contributed by atoms with van der Waals surface area (Å²) in [4.78, 5) is 31.4. The molecule has 0 aliphatic carbocycles. The molecule has 0 aromatic heterocycles. The molecule has 0 radical (unpaired) electrons. The number of nitrogens with zero attached hydrogens (tertiary/aromatic N) is 3. The molecule has 0 bridgehead atoms. The van der Waals surface area contributed by atoms with Crippen molar-refractivity contribution in [2.75, 3.05) is 27.2 Å². The zero-order valence-corrected chi connectivity index (χ0v) is 16.2. The van der Waals surface area contributed by atoms with Crippen molar-refractivity contribution in [1.29, 1.82) is 0 Å². The lowest BCUT2D eigenvalue weighted by Gasteiger charge is -2.31. The Bertz CT molecular complexity index is 718. The van der Waals surface area contributed by atoms with E-state index in [2.05, 4.69) is 33.8 Å². The molecule has 1 atom stereocenters. The van der Waals surface area contributed by atoms with Crippen LogP contribution >= 0.6 is 0 Å². The number of likely N-dealkylation sites (N-methyl/N-ethyl adjacent to an activating group) is 1. The molecule has 1 aromatic carbocycles. The molecule has 7 heteroatoms. The van der Waals surface area contributed by atoms with E-state index in [-0.39, 0.29) is 17.9 Å². The van der Waals surface area contributed by atoms with Crippen molar-refractivity contribution in [2.45, 2.75) is 44.8 Å². The Morgan fingerprint density at radius 2 is 2.04 bits per heavy atom. The van der Waals surface area contributed by atoms with Crippen LogP contribution in [-0.2, 0) is 22.7 Å². The number of aliphatic imine (C=N–C) groups is 1. The Morgan fingerprint density at radius 1 is 1.22 bits per heavy atom. The first kappa shape index (κ1) is 19.2. The predicted octanol–water partition coefficient (Wildman–Crippen LogP) is 1.09. The first-order valence-electron chi connectivity index (χ1n) is 9.62. The van der Waals surface area contributed by atoms with Gasteiger partial charge in [-0.3, -0.25) is 14.6 Å². The summed E-state index contributed by atoms with van der Waals surface area (Å²) in [6.07, 6.45) is 3.03. The van der Waals surface area contributed by atoms with Crippen LogP contribution in [0.1, 0.15) is 36.8 Å². The van der Waals surface area contributed by atoms with Crippen LogP contribution in [0.3, 0.4) is 0 Å². The van der Waals surface area contributed by atoms with E-state index in [0.717, 1.165) is 36.5 Å². The maximum absolute atomic E-state index is 11.8. The van der Waals surface area contributed by atoms with E-state index in [1.54, 1.807) is 11.9 Å². The minimum absolute atomic E-state index is 0.198. The van der Waals surface area contributed by atoms with Crippen molar-refractivity contribution in [3.8, 4) is 0 Å². The van der Waals surface area contributed by atoms with Gasteiger partial charge in [0.2, 0.25) is 11.8 Å². The number of likely N-dealkylation sites (tertiary alicyclic amines) is 2. The largest absolute Gasteiger partial charge is 0.352 e. The zero-order chi connectivity index (χ0) is 19.2. The van der Waals surface area contributed by atoms with Gasteiger partial charge < -0.3 is 20.4 Å². The van der Waals surface area contributed by atoms with Crippen LogP contribution in [0.2, 0.25) is 0 Å². The molecule has 3 rings (SSSR count). The molecule has 2 saturated heterocycles. The molecule has 2 fully saturated rings. The number of amides is 2. The van der Waals surface area contributed by atoms with E-state index < -0.39 is 0 Å². The van der Waals surface area contributed by atoms with Crippen LogP contribution in [-0.4, -0.2) is 60.8 Å². The predicted molar refractivity (Wildman–Crippen MR) is 105 cm³/mol. The van der Waals surface area contributed by atoms with Gasteiger partial charge >= 0.3 is 0 Å². The minimum atomic E-state index is 0.198. The second-order valence-corrected chi connectivity index (χ2v) is 7.32. The molecule has 1 aromatic rings. The lowest BCUT2D eigenvalue weighted by atomic mass is 10.1. The van der Waals surface area contributed by atoms with Crippen LogP contribution in [0, 0.1) is 0 Å². The van der Waals surface area contributed by atoms with Gasteiger partial charge in [-0.15, -0.1) is 0 Å². The summed E-state index contributed by atoms with van der Waals surface area (Å²) < 4.78 is 0. The normalized spacial score (nSPS) is 21.0. The van der Waals surface area contributed by atoms with Gasteiger partial charge in [0, 0.05) is 59.2 Å². The fourth-order valence-corrected chi connectivity index (χ4v) is 3.63. The summed E-state index contributed by atoms with van der Waals surface area (Å²) in [5, 5.41) is 6.74. The van der Waals surface area contributed by atoms with Gasteiger partial charge in [-0.25, -0.2) is 0 Å². The van der Waals surface area contributed by atoms with E-state index in [1.807, 2.05) is 18.0 Å². The molecule has 27 heavy (non-hydrogen) atoms. The van der Waals surface area contributed by atoms with Crippen LogP contribution in [0.4, 0.5) is 0 Å². The third-order valence-electron chi connectivity index (χ3n) is 5.19. The Hall–Kier alpha value is -2.57. The van der Waals surface area contributed by atoms with Crippen molar-refractivity contribution < 1.29 is 9.59 Å². The van der Waals surface area contributed by atoms with E-state index in [9.17, 15) is 9.59 Å². The maximum atomic E-state index is 11.8. The fraction of sp³-hybridized carbons (Fsp3) is 0.550. The van der Waals surface area contributed by atoms with Crippen LogP contribution in [0.15, 0.2) is 29.3 Å². The van der Waals surface area contributed by atoms with Gasteiger partial charge in [-0.1, -0.05) is 24.3 Å². The molecule has 2 aliphatic rings. The summed E-state index contributed by atoms with van der Waals surface area (Å²) >= 11 is 0. The summed E-state index contributed by atoms with van der Waals surface area (Å²) in [6, 6.07) is 8.52. The highest BCUT2D eigenvalue weighted by Crippen LogP contribution is 2.15. The summed E-state index contributed by atoms with van der Waals surface area (Å²) in [5.41, 5.74) is 2.30. The molecule has 2 N–H and O–H groups in total. The number of piperidine rings is 1. The standard InChI is InChI=1S/C20H29N5O2/c1-21-20(23-17-8-9-18(26)24(2)14-17)22-12-15-5-3-6-16(11-15)13-25-10-4-7-19(25)27/h3,5-6,11,17H,4,7-10,12-14H2,1-2H3,(H2,21,22,23). The minimum Gasteiger partial charge on any atom is -0.352 e. The first-order valence-corrected chi connectivity index (χ1v) is 9.62. The number of benzene rings is 1. The number of rotatable bonds is 5. The lowest BCUT2D eigenvalue weighted by molar-refractivity contribution is -0.132. The number of nitrogens with one attached hydrogen (secondary N) is 2. The van der Waals surface area contributed by atoms with Crippen molar-refractivity contribution in [2.24, 2.45) is 4.99 Å². The Labute approximate surface area is 160 Å². The van der Waals surface area contributed by atoms with Crippen molar-refractivity contribution >= 4 is 17.8 Å². The molecular weight excluding hydrogens is 342 g/mol. The van der Waals surface area contributed by atoms with Gasteiger partial charge in [-0.2, -0.15) is 0 Å². The zero-order valence-electron chi connectivity index (χ0n) is 16.2. The topological polar surface area (TPSA) is 77.0 Å². The molecular formula is C20H29N5O2. The molecule has 2 amide bonds. The molecule has 0 saturated carbocycles. The van der Waals surface area contributed by atoms with Crippen molar-refractivity contribution in [1.82, 2.24) is 20.4 Å². The van der Waals surface area contributed by atoms with Crippen molar-refractivity contribution in [3.05, 3.63) is 35.4 Å². The number of hydrogen-bond acceptors (Lipinski definition) is 3. The van der Waals surface area contributed by atoms with Crippen LogP contribution in [0.25, 0.3) is 0 Å². The Kier molecular flexibility index (Phi) is 6.32. The first-order chi connectivity index (χ1) is 13.0. The average molecular weight is 371 g/mol. The molecule has 146 valence electrons. The highest BCUT2D eigenvalue weighted by Gasteiger charge is 2.23. The summed E-state index contributed by atoms with van der Waals surface area (Å²) in [5.74, 6) is 1.19. The van der Waals surface area contributed by atoms with E-state index in [1.165, 1.54) is 0 Å². The Morgan fingerprint density at radius 3 is 2.74 bits per heavy atom. The summed E-state index contributed by atoms with van der Waals surface area (Å²) in [7, 11) is 3.59. The number of guanidine groups is 1.